The highest BCUT2D eigenvalue weighted by molar-refractivity contribution is 6.03. The lowest BCUT2D eigenvalue weighted by Gasteiger charge is -2.12. The number of rotatable bonds is 8. The first-order valence-corrected chi connectivity index (χ1v) is 9.69. The van der Waals surface area contributed by atoms with Crippen molar-refractivity contribution in [2.45, 2.75) is 20.3 Å². The van der Waals surface area contributed by atoms with Gasteiger partial charge in [-0.2, -0.15) is 0 Å². The van der Waals surface area contributed by atoms with E-state index in [0.29, 0.717) is 28.9 Å². The lowest BCUT2D eigenvalue weighted by molar-refractivity contribution is 0.102. The minimum Gasteiger partial charge on any atom is -0.497 e. The third-order valence-electron chi connectivity index (χ3n) is 4.37. The molecule has 0 bridgehead atoms. The van der Waals surface area contributed by atoms with Gasteiger partial charge in [-0.3, -0.25) is 4.79 Å². The second kappa shape index (κ2) is 9.68. The summed E-state index contributed by atoms with van der Waals surface area (Å²) < 4.78 is 5.15. The Morgan fingerprint density at radius 2 is 1.76 bits per heavy atom. The van der Waals surface area contributed by atoms with E-state index in [-0.39, 0.29) is 5.91 Å². The van der Waals surface area contributed by atoms with E-state index in [1.54, 1.807) is 37.4 Å². The molecule has 29 heavy (non-hydrogen) atoms. The Morgan fingerprint density at radius 3 is 2.41 bits per heavy atom. The fourth-order valence-corrected chi connectivity index (χ4v) is 2.73. The molecule has 2 aromatic carbocycles. The van der Waals surface area contributed by atoms with E-state index in [0.717, 1.165) is 24.3 Å². The average Bonchev–Trinajstić information content (AvgIpc) is 2.74. The molecule has 1 aromatic heterocycles. The number of ether oxygens (including phenoxy) is 1. The van der Waals surface area contributed by atoms with Crippen molar-refractivity contribution in [3.63, 3.8) is 0 Å². The minimum absolute atomic E-state index is 0.290. The van der Waals surface area contributed by atoms with Gasteiger partial charge in [-0.05, 0) is 36.6 Å². The number of amides is 1. The molecule has 0 spiro atoms. The van der Waals surface area contributed by atoms with E-state index in [4.69, 9.17) is 4.74 Å². The molecule has 0 aliphatic rings. The highest BCUT2D eigenvalue weighted by atomic mass is 16.5. The molecule has 0 saturated heterocycles. The standard InChI is InChI=1S/C23H26N4O2/c1-16(2)13-14-24-21-15-20(26-22(27-21)17-7-5-4-6-8-17)23(28)25-18-9-11-19(29-3)12-10-18/h4-12,15-16H,13-14H2,1-3H3,(H,25,28)(H,24,26,27). The lowest BCUT2D eigenvalue weighted by atomic mass is 10.1. The third kappa shape index (κ3) is 5.78. The summed E-state index contributed by atoms with van der Waals surface area (Å²) in [4.78, 5) is 21.9. The molecule has 0 radical (unpaired) electrons. The van der Waals surface area contributed by atoms with E-state index in [9.17, 15) is 4.79 Å². The summed E-state index contributed by atoms with van der Waals surface area (Å²) in [7, 11) is 1.60. The number of methoxy groups -OCH3 is 1. The van der Waals surface area contributed by atoms with Crippen LogP contribution in [0.25, 0.3) is 11.4 Å². The highest BCUT2D eigenvalue weighted by Gasteiger charge is 2.14. The van der Waals surface area contributed by atoms with Gasteiger partial charge in [0, 0.05) is 23.9 Å². The summed E-state index contributed by atoms with van der Waals surface area (Å²) in [5, 5.41) is 6.19. The van der Waals surface area contributed by atoms with Crippen molar-refractivity contribution in [3.05, 3.63) is 66.4 Å². The number of hydrogen-bond donors (Lipinski definition) is 2. The molecule has 0 fully saturated rings. The van der Waals surface area contributed by atoms with Gasteiger partial charge in [-0.25, -0.2) is 9.97 Å². The lowest BCUT2D eigenvalue weighted by Crippen LogP contribution is -2.16. The summed E-state index contributed by atoms with van der Waals surface area (Å²) >= 11 is 0. The zero-order chi connectivity index (χ0) is 20.6. The van der Waals surface area contributed by atoms with Gasteiger partial charge in [0.25, 0.3) is 5.91 Å². The van der Waals surface area contributed by atoms with Gasteiger partial charge in [0.15, 0.2) is 5.82 Å². The normalized spacial score (nSPS) is 10.6. The molecule has 3 aromatic rings. The van der Waals surface area contributed by atoms with Gasteiger partial charge < -0.3 is 15.4 Å². The number of aromatic nitrogens is 2. The maximum Gasteiger partial charge on any atom is 0.274 e. The van der Waals surface area contributed by atoms with Crippen molar-refractivity contribution in [2.75, 3.05) is 24.3 Å². The number of nitrogens with one attached hydrogen (secondary N) is 2. The van der Waals surface area contributed by atoms with E-state index in [1.165, 1.54) is 0 Å². The summed E-state index contributed by atoms with van der Waals surface area (Å²) in [5.74, 6) is 2.17. The molecule has 0 aliphatic heterocycles. The van der Waals surface area contributed by atoms with Gasteiger partial charge in [0.2, 0.25) is 0 Å². The predicted octanol–water partition coefficient (Wildman–Crippen LogP) is 4.86. The van der Waals surface area contributed by atoms with Crippen LogP contribution < -0.4 is 15.4 Å². The smallest absolute Gasteiger partial charge is 0.274 e. The Morgan fingerprint density at radius 1 is 1.03 bits per heavy atom. The molecule has 0 unspecified atom stereocenters. The van der Waals surface area contributed by atoms with E-state index in [1.807, 2.05) is 30.3 Å². The molecule has 150 valence electrons. The molecule has 0 atom stereocenters. The maximum absolute atomic E-state index is 12.8. The molecule has 1 heterocycles. The molecule has 0 saturated carbocycles. The van der Waals surface area contributed by atoms with E-state index >= 15 is 0 Å². The van der Waals surface area contributed by atoms with Crippen molar-refractivity contribution in [1.29, 1.82) is 0 Å². The Kier molecular flexibility index (Phi) is 6.79. The molecular formula is C23H26N4O2. The van der Waals surface area contributed by atoms with Crippen molar-refractivity contribution in [3.8, 4) is 17.1 Å². The molecule has 2 N–H and O–H groups in total. The number of carbonyl (C=O) groups excluding carboxylic acids is 1. The van der Waals surface area contributed by atoms with Gasteiger partial charge in [-0.15, -0.1) is 0 Å². The quantitative estimate of drug-likeness (QED) is 0.574. The van der Waals surface area contributed by atoms with Crippen LogP contribution >= 0.6 is 0 Å². The van der Waals surface area contributed by atoms with Gasteiger partial charge in [0.05, 0.1) is 7.11 Å². The third-order valence-corrected chi connectivity index (χ3v) is 4.37. The molecule has 6 heteroatoms. The van der Waals surface area contributed by atoms with E-state index < -0.39 is 0 Å². The Labute approximate surface area is 171 Å². The van der Waals surface area contributed by atoms with Crippen molar-refractivity contribution < 1.29 is 9.53 Å². The summed E-state index contributed by atoms with van der Waals surface area (Å²) in [6, 6.07) is 18.5. The number of benzene rings is 2. The molecule has 6 nitrogen and oxygen atoms in total. The van der Waals surface area contributed by atoms with Gasteiger partial charge in [0.1, 0.15) is 17.3 Å². The molecule has 3 rings (SSSR count). The van der Waals surface area contributed by atoms with Crippen LogP contribution in [0.3, 0.4) is 0 Å². The van der Waals surface area contributed by atoms with Crippen LogP contribution in [0, 0.1) is 5.92 Å². The van der Waals surface area contributed by atoms with Crippen molar-refractivity contribution >= 4 is 17.4 Å². The van der Waals surface area contributed by atoms with Crippen LogP contribution in [-0.2, 0) is 0 Å². The zero-order valence-electron chi connectivity index (χ0n) is 17.0. The zero-order valence-corrected chi connectivity index (χ0v) is 17.0. The molecule has 0 aliphatic carbocycles. The monoisotopic (exact) mass is 390 g/mol. The first kappa shape index (κ1) is 20.3. The van der Waals surface area contributed by atoms with E-state index in [2.05, 4.69) is 34.4 Å². The SMILES string of the molecule is COc1ccc(NC(=O)c2cc(NCCC(C)C)nc(-c3ccccc3)n2)cc1. The van der Waals surface area contributed by atoms with Crippen LogP contribution in [0.5, 0.6) is 5.75 Å². The second-order valence-corrected chi connectivity index (χ2v) is 7.12. The van der Waals surface area contributed by atoms with Gasteiger partial charge >= 0.3 is 0 Å². The number of carbonyl (C=O) groups is 1. The minimum atomic E-state index is -0.290. The second-order valence-electron chi connectivity index (χ2n) is 7.12. The predicted molar refractivity (Wildman–Crippen MR) is 116 cm³/mol. The Balaban J connectivity index is 1.85. The summed E-state index contributed by atoms with van der Waals surface area (Å²) in [6.07, 6.45) is 1.01. The number of nitrogens with zero attached hydrogens (tertiary/aromatic N) is 2. The first-order valence-electron chi connectivity index (χ1n) is 9.69. The van der Waals surface area contributed by atoms with Crippen molar-refractivity contribution in [1.82, 2.24) is 9.97 Å². The molecule has 1 amide bonds. The van der Waals surface area contributed by atoms with Crippen LogP contribution in [-0.4, -0.2) is 29.5 Å². The summed E-state index contributed by atoms with van der Waals surface area (Å²) in [6.45, 7) is 5.12. The van der Waals surface area contributed by atoms with Crippen LogP contribution in [0.15, 0.2) is 60.7 Å². The Bertz CT molecular complexity index is 941. The van der Waals surface area contributed by atoms with Gasteiger partial charge in [-0.1, -0.05) is 44.2 Å². The number of hydrogen-bond acceptors (Lipinski definition) is 5. The largest absolute Gasteiger partial charge is 0.497 e. The fourth-order valence-electron chi connectivity index (χ4n) is 2.73. The fraction of sp³-hybridized carbons (Fsp3) is 0.261. The average molecular weight is 390 g/mol. The Hall–Kier alpha value is -3.41. The first-order chi connectivity index (χ1) is 14.0. The molecular weight excluding hydrogens is 364 g/mol. The van der Waals surface area contributed by atoms with Crippen LogP contribution in [0.2, 0.25) is 0 Å². The number of anilines is 2. The van der Waals surface area contributed by atoms with Crippen LogP contribution in [0.4, 0.5) is 11.5 Å². The topological polar surface area (TPSA) is 76.1 Å². The van der Waals surface area contributed by atoms with Crippen LogP contribution in [0.1, 0.15) is 30.8 Å². The summed E-state index contributed by atoms with van der Waals surface area (Å²) in [5.41, 5.74) is 1.84. The highest BCUT2D eigenvalue weighted by Crippen LogP contribution is 2.20. The maximum atomic E-state index is 12.8. The van der Waals surface area contributed by atoms with Crippen molar-refractivity contribution in [2.24, 2.45) is 5.92 Å².